The van der Waals surface area contributed by atoms with Gasteiger partial charge in [0.2, 0.25) is 19.9 Å². The minimum absolute atomic E-state index is 0.0604. The molecule has 30 heavy (non-hydrogen) atoms. The summed E-state index contributed by atoms with van der Waals surface area (Å²) in [6.45, 7) is 2.66. The molecule has 0 bridgehead atoms. The van der Waals surface area contributed by atoms with E-state index in [4.69, 9.17) is 0 Å². The summed E-state index contributed by atoms with van der Waals surface area (Å²) < 4.78 is 90.5. The highest BCUT2D eigenvalue weighted by Gasteiger charge is 2.34. The molecule has 0 aromatic heterocycles. The fourth-order valence-corrected chi connectivity index (χ4v) is 5.76. The molecule has 164 valence electrons. The number of sulfone groups is 1. The van der Waals surface area contributed by atoms with Crippen LogP contribution < -0.4 is 4.72 Å². The first-order valence-corrected chi connectivity index (χ1v) is 11.5. The standard InChI is InChI=1S/C17H17F3N2O6S2/c1-11-7-14(8-12(2)16(11)29(25,26)10-22(23)24)21-30(27,28)9-13-5-3-4-6-15(13)17(18,19)20/h3-8,21H,9-10H2,1-2H3. The Balaban J connectivity index is 2.36. The Morgan fingerprint density at radius 1 is 1.03 bits per heavy atom. The lowest BCUT2D eigenvalue weighted by Gasteiger charge is -2.15. The van der Waals surface area contributed by atoms with Gasteiger partial charge in [-0.2, -0.15) is 13.2 Å². The Hall–Kier alpha value is -2.67. The molecular weight excluding hydrogens is 449 g/mol. The molecule has 0 atom stereocenters. The number of sulfonamides is 1. The van der Waals surface area contributed by atoms with Gasteiger partial charge in [0.05, 0.1) is 16.2 Å². The highest BCUT2D eigenvalue weighted by molar-refractivity contribution is 7.92. The van der Waals surface area contributed by atoms with Gasteiger partial charge in [0.15, 0.2) is 0 Å². The Labute approximate surface area is 170 Å². The number of aryl methyl sites for hydroxylation is 2. The van der Waals surface area contributed by atoms with Crippen molar-refractivity contribution in [1.29, 1.82) is 0 Å². The van der Waals surface area contributed by atoms with Gasteiger partial charge < -0.3 is 0 Å². The highest BCUT2D eigenvalue weighted by atomic mass is 32.2. The largest absolute Gasteiger partial charge is 0.416 e. The van der Waals surface area contributed by atoms with Crippen LogP contribution in [0.1, 0.15) is 22.3 Å². The van der Waals surface area contributed by atoms with Crippen molar-refractivity contribution in [2.24, 2.45) is 0 Å². The van der Waals surface area contributed by atoms with Crippen LogP contribution in [0.5, 0.6) is 0 Å². The highest BCUT2D eigenvalue weighted by Crippen LogP contribution is 2.33. The fourth-order valence-electron chi connectivity index (χ4n) is 3.05. The van der Waals surface area contributed by atoms with Gasteiger partial charge in [0.1, 0.15) is 0 Å². The molecule has 0 aliphatic rings. The van der Waals surface area contributed by atoms with E-state index in [1.165, 1.54) is 19.9 Å². The molecule has 0 saturated carbocycles. The Bertz CT molecular complexity index is 1170. The molecule has 8 nitrogen and oxygen atoms in total. The average Bonchev–Trinajstić information content (AvgIpc) is 2.50. The smallest absolute Gasteiger partial charge is 0.283 e. The third-order valence-electron chi connectivity index (χ3n) is 3.99. The van der Waals surface area contributed by atoms with Crippen LogP contribution in [0, 0.1) is 24.0 Å². The third-order valence-corrected chi connectivity index (χ3v) is 7.04. The summed E-state index contributed by atoms with van der Waals surface area (Å²) in [5.74, 6) is -2.28. The quantitative estimate of drug-likeness (QED) is 0.493. The van der Waals surface area contributed by atoms with E-state index in [2.05, 4.69) is 4.72 Å². The SMILES string of the molecule is Cc1cc(NS(=O)(=O)Cc2ccccc2C(F)(F)F)cc(C)c1S(=O)(=O)C[N+](=O)[O-]. The summed E-state index contributed by atoms with van der Waals surface area (Å²) in [6.07, 6.45) is -4.73. The minimum Gasteiger partial charge on any atom is -0.283 e. The molecule has 2 aromatic rings. The number of nitrogens with one attached hydrogen (secondary N) is 1. The molecular formula is C17H17F3N2O6S2. The molecule has 2 aromatic carbocycles. The number of rotatable bonds is 7. The van der Waals surface area contributed by atoms with Gasteiger partial charge >= 0.3 is 12.1 Å². The van der Waals surface area contributed by atoms with Crippen molar-refractivity contribution in [1.82, 2.24) is 0 Å². The second kappa shape index (κ2) is 8.22. The van der Waals surface area contributed by atoms with E-state index in [-0.39, 0.29) is 21.7 Å². The van der Waals surface area contributed by atoms with Crippen molar-refractivity contribution in [2.45, 2.75) is 30.7 Å². The van der Waals surface area contributed by atoms with Gasteiger partial charge in [0.25, 0.3) is 0 Å². The number of nitro groups is 1. The van der Waals surface area contributed by atoms with Gasteiger partial charge in [-0.25, -0.2) is 16.8 Å². The molecule has 0 spiro atoms. The Kier molecular flexibility index (Phi) is 6.47. The van der Waals surface area contributed by atoms with E-state index in [1.807, 2.05) is 0 Å². The minimum atomic E-state index is -4.73. The monoisotopic (exact) mass is 466 g/mol. The van der Waals surface area contributed by atoms with Crippen LogP contribution in [0.2, 0.25) is 0 Å². The van der Waals surface area contributed by atoms with E-state index in [1.54, 1.807) is 0 Å². The zero-order valence-corrected chi connectivity index (χ0v) is 17.4. The molecule has 0 heterocycles. The van der Waals surface area contributed by atoms with Crippen LogP contribution in [0.3, 0.4) is 0 Å². The molecule has 13 heteroatoms. The number of hydrogen-bond acceptors (Lipinski definition) is 6. The topological polar surface area (TPSA) is 123 Å². The summed E-state index contributed by atoms with van der Waals surface area (Å²) in [5, 5.41) is 10.6. The Morgan fingerprint density at radius 3 is 2.07 bits per heavy atom. The first kappa shape index (κ1) is 23.6. The van der Waals surface area contributed by atoms with Crippen molar-refractivity contribution in [3.8, 4) is 0 Å². The van der Waals surface area contributed by atoms with E-state index < -0.39 is 53.7 Å². The second-order valence-corrected chi connectivity index (χ2v) is 10.2. The summed E-state index contributed by atoms with van der Waals surface area (Å²) in [5.41, 5.74) is -1.48. The van der Waals surface area contributed by atoms with Crippen LogP contribution in [-0.4, -0.2) is 27.6 Å². The number of hydrogen-bond donors (Lipinski definition) is 1. The van der Waals surface area contributed by atoms with Gasteiger partial charge in [-0.05, 0) is 48.7 Å². The summed E-state index contributed by atoms with van der Waals surface area (Å²) >= 11 is 0. The van der Waals surface area contributed by atoms with Crippen molar-refractivity contribution in [3.63, 3.8) is 0 Å². The first-order chi connectivity index (χ1) is 13.6. The fraction of sp³-hybridized carbons (Fsp3) is 0.294. The van der Waals surface area contributed by atoms with Crippen molar-refractivity contribution in [3.05, 3.63) is 68.8 Å². The van der Waals surface area contributed by atoms with Crippen molar-refractivity contribution < 1.29 is 34.9 Å². The molecule has 0 fully saturated rings. The van der Waals surface area contributed by atoms with Gasteiger partial charge in [0, 0.05) is 10.6 Å². The summed E-state index contributed by atoms with van der Waals surface area (Å²) in [4.78, 5) is 9.29. The van der Waals surface area contributed by atoms with Crippen LogP contribution in [-0.2, 0) is 31.8 Å². The predicted octanol–water partition coefficient (Wildman–Crippen LogP) is 3.27. The van der Waals surface area contributed by atoms with Crippen molar-refractivity contribution >= 4 is 25.5 Å². The molecule has 0 amide bonds. The van der Waals surface area contributed by atoms with Gasteiger partial charge in [-0.3, -0.25) is 14.8 Å². The lowest BCUT2D eigenvalue weighted by molar-refractivity contribution is -0.458. The molecule has 2 rings (SSSR count). The first-order valence-electron chi connectivity index (χ1n) is 8.24. The van der Waals surface area contributed by atoms with E-state index in [0.717, 1.165) is 30.3 Å². The maximum atomic E-state index is 13.1. The number of anilines is 1. The zero-order chi connectivity index (χ0) is 22.9. The van der Waals surface area contributed by atoms with E-state index >= 15 is 0 Å². The zero-order valence-electron chi connectivity index (χ0n) is 15.7. The van der Waals surface area contributed by atoms with Crippen LogP contribution in [0.25, 0.3) is 0 Å². The van der Waals surface area contributed by atoms with Crippen molar-refractivity contribution in [2.75, 3.05) is 10.6 Å². The number of alkyl halides is 3. The molecule has 1 N–H and O–H groups in total. The van der Waals surface area contributed by atoms with Crippen LogP contribution in [0.15, 0.2) is 41.3 Å². The van der Waals surface area contributed by atoms with Gasteiger partial charge in [-0.1, -0.05) is 18.2 Å². The van der Waals surface area contributed by atoms with E-state index in [9.17, 15) is 40.1 Å². The lowest BCUT2D eigenvalue weighted by Crippen LogP contribution is -2.19. The van der Waals surface area contributed by atoms with E-state index in [0.29, 0.717) is 0 Å². The van der Waals surface area contributed by atoms with Gasteiger partial charge in [-0.15, -0.1) is 0 Å². The maximum absolute atomic E-state index is 13.1. The van der Waals surface area contributed by atoms with Crippen LogP contribution in [0.4, 0.5) is 18.9 Å². The molecule has 0 unspecified atom stereocenters. The number of halogens is 3. The lowest BCUT2D eigenvalue weighted by atomic mass is 10.1. The Morgan fingerprint density at radius 2 is 1.57 bits per heavy atom. The summed E-state index contributed by atoms with van der Waals surface area (Å²) in [6, 6.07) is 6.53. The normalized spacial score (nSPS) is 12.6. The molecule has 0 aliphatic heterocycles. The molecule has 0 saturated heterocycles. The maximum Gasteiger partial charge on any atom is 0.416 e. The third kappa shape index (κ3) is 5.69. The number of nitrogens with zero attached hydrogens (tertiary/aromatic N) is 1. The predicted molar refractivity (Wildman–Crippen MR) is 103 cm³/mol. The molecule has 0 aliphatic carbocycles. The summed E-state index contributed by atoms with van der Waals surface area (Å²) in [7, 11) is -8.53. The second-order valence-electron chi connectivity index (χ2n) is 6.53. The number of benzene rings is 2. The average molecular weight is 466 g/mol. The molecule has 0 radical (unpaired) electrons. The van der Waals surface area contributed by atoms with Crippen LogP contribution >= 0.6 is 0 Å².